The van der Waals surface area contributed by atoms with Gasteiger partial charge in [-0.05, 0) is 44.0 Å². The Kier molecular flexibility index (Phi) is 4.17. The van der Waals surface area contributed by atoms with Gasteiger partial charge in [0.15, 0.2) is 5.65 Å². The lowest BCUT2D eigenvalue weighted by molar-refractivity contribution is 0.123. The largest absolute Gasteiger partial charge is 0.378 e. The van der Waals surface area contributed by atoms with E-state index in [1.54, 1.807) is 0 Å². The van der Waals surface area contributed by atoms with Gasteiger partial charge in [0.05, 0.1) is 34.8 Å². The summed E-state index contributed by atoms with van der Waals surface area (Å²) < 4.78 is 8.74. The predicted octanol–water partition coefficient (Wildman–Crippen LogP) is 3.74. The minimum atomic E-state index is -0.0274. The second kappa shape index (κ2) is 6.92. The lowest BCUT2D eigenvalue weighted by Gasteiger charge is -2.29. The highest BCUT2D eigenvalue weighted by atomic mass is 32.1. The Bertz CT molecular complexity index is 1310. The number of benzene rings is 1. The molecule has 1 aliphatic carbocycles. The number of ether oxygens (including phenoxy) is 1. The number of fused-ring (bicyclic) bond motifs is 2. The molecule has 2 fully saturated rings. The van der Waals surface area contributed by atoms with Gasteiger partial charge in [-0.2, -0.15) is 0 Å². The summed E-state index contributed by atoms with van der Waals surface area (Å²) in [6.07, 6.45) is 3.57. The number of aromatic nitrogens is 4. The quantitative estimate of drug-likeness (QED) is 0.545. The normalized spacial score (nSPS) is 17.7. The van der Waals surface area contributed by atoms with Crippen molar-refractivity contribution in [2.24, 2.45) is 0 Å². The molecule has 0 atom stereocenters. The van der Waals surface area contributed by atoms with Crippen molar-refractivity contribution in [2.45, 2.75) is 32.1 Å². The molecule has 4 heterocycles. The van der Waals surface area contributed by atoms with Crippen molar-refractivity contribution >= 4 is 38.4 Å². The Hall–Kier alpha value is -2.71. The molecule has 0 radical (unpaired) electrons. The molecule has 0 unspecified atom stereocenters. The average Bonchev–Trinajstić information content (AvgIpc) is 3.25. The van der Waals surface area contributed by atoms with Crippen molar-refractivity contribution < 1.29 is 4.74 Å². The van der Waals surface area contributed by atoms with E-state index in [1.165, 1.54) is 17.8 Å². The molecule has 4 aromatic rings. The van der Waals surface area contributed by atoms with Crippen molar-refractivity contribution in [1.82, 2.24) is 19.5 Å². The van der Waals surface area contributed by atoms with E-state index in [2.05, 4.69) is 32.7 Å². The summed E-state index contributed by atoms with van der Waals surface area (Å²) >= 11 is 1.24. The highest BCUT2D eigenvalue weighted by Gasteiger charge is 2.29. The summed E-state index contributed by atoms with van der Waals surface area (Å²) in [6.45, 7) is 5.26. The molecule has 1 aliphatic heterocycles. The van der Waals surface area contributed by atoms with E-state index in [-0.39, 0.29) is 4.87 Å². The Morgan fingerprint density at radius 1 is 1.17 bits per heavy atom. The summed E-state index contributed by atoms with van der Waals surface area (Å²) in [6, 6.07) is 8.28. The summed E-state index contributed by atoms with van der Waals surface area (Å²) in [5.74, 6) is 1.55. The third-order valence-corrected chi connectivity index (χ3v) is 7.08. The minimum Gasteiger partial charge on any atom is -0.378 e. The molecule has 6 rings (SSSR count). The first-order valence-corrected chi connectivity index (χ1v) is 11.3. The third kappa shape index (κ3) is 2.86. The standard InChI is InChI=1S/C22H23N5O2S/c1-13-11-17(26-7-9-29-10-8-26)19-21(23-13)27(20(25-19)14-3-2-4-14)15-5-6-16-18(12-15)30-22(28)24-16/h5-6,11-12,14H,2-4,7-10H2,1H3,(H,24,28). The zero-order valence-electron chi connectivity index (χ0n) is 16.9. The van der Waals surface area contributed by atoms with E-state index in [0.717, 1.165) is 83.4 Å². The molecule has 1 N–H and O–H groups in total. The van der Waals surface area contributed by atoms with E-state index < -0.39 is 0 Å². The van der Waals surface area contributed by atoms with E-state index in [9.17, 15) is 4.79 Å². The number of anilines is 1. The molecule has 0 amide bonds. The molecule has 8 heteroatoms. The van der Waals surface area contributed by atoms with Crippen LogP contribution in [0.1, 0.15) is 36.7 Å². The highest BCUT2D eigenvalue weighted by molar-refractivity contribution is 7.16. The van der Waals surface area contributed by atoms with Gasteiger partial charge in [-0.25, -0.2) is 9.97 Å². The molecule has 1 saturated heterocycles. The minimum absolute atomic E-state index is 0.0274. The number of aryl methyl sites for hydroxylation is 1. The van der Waals surface area contributed by atoms with Gasteiger partial charge in [0.25, 0.3) is 0 Å². The van der Waals surface area contributed by atoms with E-state index in [0.29, 0.717) is 5.92 Å². The maximum absolute atomic E-state index is 11.8. The van der Waals surface area contributed by atoms with Crippen LogP contribution < -0.4 is 9.77 Å². The topological polar surface area (TPSA) is 76.0 Å². The van der Waals surface area contributed by atoms with Gasteiger partial charge in [0.2, 0.25) is 0 Å². The Morgan fingerprint density at radius 3 is 2.77 bits per heavy atom. The molecule has 2 aliphatic rings. The number of imidazole rings is 1. The third-order valence-electron chi connectivity index (χ3n) is 6.23. The van der Waals surface area contributed by atoms with Crippen LogP contribution in [0.5, 0.6) is 0 Å². The number of thiazole rings is 1. The molecular weight excluding hydrogens is 398 g/mol. The maximum Gasteiger partial charge on any atom is 0.305 e. The van der Waals surface area contributed by atoms with Crippen LogP contribution in [0.3, 0.4) is 0 Å². The zero-order chi connectivity index (χ0) is 20.2. The van der Waals surface area contributed by atoms with Crippen LogP contribution in [0.15, 0.2) is 29.1 Å². The van der Waals surface area contributed by atoms with Crippen molar-refractivity contribution in [2.75, 3.05) is 31.2 Å². The zero-order valence-corrected chi connectivity index (χ0v) is 17.7. The summed E-state index contributed by atoms with van der Waals surface area (Å²) in [5, 5.41) is 0. The number of pyridine rings is 1. The first-order chi connectivity index (χ1) is 14.7. The summed E-state index contributed by atoms with van der Waals surface area (Å²) in [5.41, 5.74) is 5.90. The van der Waals surface area contributed by atoms with Gasteiger partial charge in [-0.15, -0.1) is 0 Å². The molecule has 0 spiro atoms. The Morgan fingerprint density at radius 2 is 2.00 bits per heavy atom. The first-order valence-electron chi connectivity index (χ1n) is 10.5. The Labute approximate surface area is 177 Å². The smallest absolute Gasteiger partial charge is 0.305 e. The van der Waals surface area contributed by atoms with Gasteiger partial charge in [0, 0.05) is 24.7 Å². The van der Waals surface area contributed by atoms with Crippen LogP contribution in [-0.4, -0.2) is 45.8 Å². The predicted molar refractivity (Wildman–Crippen MR) is 119 cm³/mol. The second-order valence-electron chi connectivity index (χ2n) is 8.18. The molecule has 3 aromatic heterocycles. The van der Waals surface area contributed by atoms with Crippen molar-refractivity contribution in [3.05, 3.63) is 45.5 Å². The van der Waals surface area contributed by atoms with Gasteiger partial charge in [-0.3, -0.25) is 9.36 Å². The van der Waals surface area contributed by atoms with Crippen LogP contribution in [0, 0.1) is 6.92 Å². The van der Waals surface area contributed by atoms with Gasteiger partial charge >= 0.3 is 4.87 Å². The summed E-state index contributed by atoms with van der Waals surface area (Å²) in [4.78, 5) is 27.1. The van der Waals surface area contributed by atoms with Crippen LogP contribution in [0.4, 0.5) is 5.69 Å². The van der Waals surface area contributed by atoms with E-state index >= 15 is 0 Å². The molecule has 7 nitrogen and oxygen atoms in total. The molecule has 154 valence electrons. The van der Waals surface area contributed by atoms with Crippen LogP contribution >= 0.6 is 11.3 Å². The van der Waals surface area contributed by atoms with Crippen LogP contribution in [0.2, 0.25) is 0 Å². The van der Waals surface area contributed by atoms with E-state index in [1.807, 2.05) is 13.0 Å². The van der Waals surface area contributed by atoms with Gasteiger partial charge < -0.3 is 14.6 Å². The monoisotopic (exact) mass is 421 g/mol. The molecule has 1 aromatic carbocycles. The number of aromatic amines is 1. The van der Waals surface area contributed by atoms with Crippen molar-refractivity contribution in [3.8, 4) is 5.69 Å². The molecule has 1 saturated carbocycles. The van der Waals surface area contributed by atoms with Crippen molar-refractivity contribution in [3.63, 3.8) is 0 Å². The lowest BCUT2D eigenvalue weighted by atomic mass is 9.85. The van der Waals surface area contributed by atoms with Crippen LogP contribution in [-0.2, 0) is 4.74 Å². The average molecular weight is 422 g/mol. The van der Waals surface area contributed by atoms with Gasteiger partial charge in [-0.1, -0.05) is 17.8 Å². The highest BCUT2D eigenvalue weighted by Crippen LogP contribution is 2.40. The number of hydrogen-bond donors (Lipinski definition) is 1. The maximum atomic E-state index is 11.8. The fourth-order valence-electron chi connectivity index (χ4n) is 4.48. The number of hydrogen-bond acceptors (Lipinski definition) is 6. The number of rotatable bonds is 3. The number of nitrogens with zero attached hydrogens (tertiary/aromatic N) is 4. The molecule has 0 bridgehead atoms. The molecular formula is C22H23N5O2S. The van der Waals surface area contributed by atoms with Crippen molar-refractivity contribution in [1.29, 1.82) is 0 Å². The fourth-order valence-corrected chi connectivity index (χ4v) is 5.25. The number of morpholine rings is 1. The van der Waals surface area contributed by atoms with Crippen LogP contribution in [0.25, 0.3) is 27.1 Å². The number of H-pyrrole nitrogens is 1. The summed E-state index contributed by atoms with van der Waals surface area (Å²) in [7, 11) is 0. The first kappa shape index (κ1) is 18.1. The number of nitrogens with one attached hydrogen (secondary N) is 1. The SMILES string of the molecule is Cc1cc(N2CCOCC2)c2nc(C3CCC3)n(-c3ccc4[nH]c(=O)sc4c3)c2n1. The molecule has 30 heavy (non-hydrogen) atoms. The second-order valence-corrected chi connectivity index (χ2v) is 9.20. The van der Waals surface area contributed by atoms with Gasteiger partial charge in [0.1, 0.15) is 11.3 Å². The Balaban J connectivity index is 1.60. The lowest BCUT2D eigenvalue weighted by Crippen LogP contribution is -2.36. The van der Waals surface area contributed by atoms with E-state index in [4.69, 9.17) is 14.7 Å². The fraction of sp³-hybridized carbons (Fsp3) is 0.409.